The van der Waals surface area contributed by atoms with E-state index in [0.29, 0.717) is 25.1 Å². The third-order valence-corrected chi connectivity index (χ3v) is 6.62. The highest BCUT2D eigenvalue weighted by atomic mass is 16.5. The molecule has 0 aromatic heterocycles. The molecule has 2 saturated heterocycles. The van der Waals surface area contributed by atoms with Crippen LogP contribution in [0.3, 0.4) is 0 Å². The molecule has 0 spiro atoms. The Hall–Kier alpha value is -2.28. The number of guanidine groups is 1. The smallest absolute Gasteiger partial charge is 0.310 e. The lowest BCUT2D eigenvalue weighted by Gasteiger charge is -2.39. The Morgan fingerprint density at radius 2 is 1.91 bits per heavy atom. The molecule has 2 heterocycles. The fraction of sp³-hybridized carbons (Fsp3) is 0.680. The Labute approximate surface area is 193 Å². The van der Waals surface area contributed by atoms with Crippen molar-refractivity contribution in [3.8, 4) is 5.75 Å². The van der Waals surface area contributed by atoms with Gasteiger partial charge in [0.2, 0.25) is 0 Å². The quantitative estimate of drug-likeness (QED) is 0.395. The molecule has 7 nitrogen and oxygen atoms in total. The molecule has 2 aliphatic heterocycles. The van der Waals surface area contributed by atoms with Gasteiger partial charge >= 0.3 is 5.97 Å². The molecule has 178 valence electrons. The topological polar surface area (TPSA) is 66.4 Å². The van der Waals surface area contributed by atoms with E-state index >= 15 is 0 Å². The van der Waals surface area contributed by atoms with Gasteiger partial charge in [-0.3, -0.25) is 14.7 Å². The van der Waals surface area contributed by atoms with Gasteiger partial charge in [0.15, 0.2) is 5.96 Å². The number of nitrogens with one attached hydrogen (secondary N) is 1. The number of carbonyl (C=O) groups excluding carboxylic acids is 1. The molecule has 1 aromatic rings. The van der Waals surface area contributed by atoms with Crippen molar-refractivity contribution in [2.45, 2.75) is 45.6 Å². The number of hydrogen-bond acceptors (Lipinski definition) is 5. The zero-order valence-electron chi connectivity index (χ0n) is 20.2. The van der Waals surface area contributed by atoms with Crippen molar-refractivity contribution >= 4 is 11.9 Å². The first-order chi connectivity index (χ1) is 15.6. The summed E-state index contributed by atoms with van der Waals surface area (Å²) in [4.78, 5) is 22.1. The Bertz CT molecular complexity index is 752. The molecule has 2 fully saturated rings. The van der Waals surface area contributed by atoms with Gasteiger partial charge in [0, 0.05) is 32.2 Å². The molecule has 3 atom stereocenters. The van der Waals surface area contributed by atoms with Gasteiger partial charge in [0.05, 0.1) is 19.6 Å². The first-order valence-corrected chi connectivity index (χ1v) is 12.1. The van der Waals surface area contributed by atoms with Gasteiger partial charge in [-0.25, -0.2) is 0 Å². The van der Waals surface area contributed by atoms with Gasteiger partial charge in [-0.05, 0) is 76.7 Å². The van der Waals surface area contributed by atoms with E-state index in [1.165, 1.54) is 12.0 Å². The molecule has 7 heteroatoms. The summed E-state index contributed by atoms with van der Waals surface area (Å²) in [5.41, 5.74) is 1.32. The van der Waals surface area contributed by atoms with Crippen LogP contribution in [0.15, 0.2) is 29.3 Å². The van der Waals surface area contributed by atoms with Crippen LogP contribution in [0, 0.1) is 11.8 Å². The minimum atomic E-state index is -0.0819. The number of aliphatic imine (C=N–C) groups is 1. The average Bonchev–Trinajstić information content (AvgIpc) is 2.82. The van der Waals surface area contributed by atoms with Crippen LogP contribution in [0.4, 0.5) is 0 Å². The van der Waals surface area contributed by atoms with Crippen LogP contribution in [0.2, 0.25) is 0 Å². The lowest BCUT2D eigenvalue weighted by molar-refractivity contribution is -0.149. The first kappa shape index (κ1) is 24.4. The third kappa shape index (κ3) is 6.15. The largest absolute Gasteiger partial charge is 0.497 e. The van der Waals surface area contributed by atoms with Gasteiger partial charge in [-0.2, -0.15) is 0 Å². The molecule has 1 aromatic carbocycles. The number of piperidine rings is 2. The predicted octanol–water partition coefficient (Wildman–Crippen LogP) is 3.32. The number of esters is 1. The number of ether oxygens (including phenoxy) is 2. The summed E-state index contributed by atoms with van der Waals surface area (Å²) in [7, 11) is 3.92. The van der Waals surface area contributed by atoms with E-state index in [-0.39, 0.29) is 11.9 Å². The number of carbonyl (C=O) groups is 1. The maximum atomic E-state index is 12.3. The summed E-state index contributed by atoms with van der Waals surface area (Å²) < 4.78 is 10.6. The monoisotopic (exact) mass is 444 g/mol. The molecular weight excluding hydrogens is 404 g/mol. The summed E-state index contributed by atoms with van der Waals surface area (Å²) in [5.74, 6) is 2.10. The number of methoxy groups -OCH3 is 1. The number of likely N-dealkylation sites (tertiary alicyclic amines) is 2. The van der Waals surface area contributed by atoms with Crippen molar-refractivity contribution in [2.24, 2.45) is 16.8 Å². The standard InChI is InChI=1S/C25H40N4O3/c1-5-26-25(29-16-8-10-21(18-29)24(30)32-6-2)27-17-20-9-7-15-28(3)23(20)19-11-13-22(31-4)14-12-19/h11-14,20-21,23H,5-10,15-18H2,1-4H3,(H,26,27). The number of rotatable bonds is 7. The lowest BCUT2D eigenvalue weighted by Crippen LogP contribution is -2.48. The van der Waals surface area contributed by atoms with E-state index in [1.54, 1.807) is 7.11 Å². The van der Waals surface area contributed by atoms with E-state index in [2.05, 4.69) is 41.2 Å². The summed E-state index contributed by atoms with van der Waals surface area (Å²) in [6, 6.07) is 8.80. The van der Waals surface area contributed by atoms with Crippen LogP contribution in [0.1, 0.15) is 51.1 Å². The summed E-state index contributed by atoms with van der Waals surface area (Å²) >= 11 is 0. The molecule has 3 unspecified atom stereocenters. The molecule has 1 N–H and O–H groups in total. The van der Waals surface area contributed by atoms with E-state index in [4.69, 9.17) is 14.5 Å². The highest BCUT2D eigenvalue weighted by molar-refractivity contribution is 5.81. The number of nitrogens with zero attached hydrogens (tertiary/aromatic N) is 3. The van der Waals surface area contributed by atoms with Crippen molar-refractivity contribution in [3.63, 3.8) is 0 Å². The fourth-order valence-corrected chi connectivity index (χ4v) is 5.03. The van der Waals surface area contributed by atoms with E-state index < -0.39 is 0 Å². The minimum absolute atomic E-state index is 0.0691. The zero-order valence-corrected chi connectivity index (χ0v) is 20.2. The Morgan fingerprint density at radius 3 is 2.59 bits per heavy atom. The molecule has 2 aliphatic rings. The van der Waals surface area contributed by atoms with Crippen LogP contribution in [0.25, 0.3) is 0 Å². The maximum Gasteiger partial charge on any atom is 0.310 e. The van der Waals surface area contributed by atoms with Crippen molar-refractivity contribution < 1.29 is 14.3 Å². The van der Waals surface area contributed by atoms with Crippen molar-refractivity contribution in [3.05, 3.63) is 29.8 Å². The minimum Gasteiger partial charge on any atom is -0.497 e. The third-order valence-electron chi connectivity index (χ3n) is 6.62. The highest BCUT2D eigenvalue weighted by Crippen LogP contribution is 2.36. The summed E-state index contributed by atoms with van der Waals surface area (Å²) in [6.07, 6.45) is 4.22. The second-order valence-corrected chi connectivity index (χ2v) is 8.83. The maximum absolute atomic E-state index is 12.3. The van der Waals surface area contributed by atoms with Gasteiger partial charge < -0.3 is 19.7 Å². The second kappa shape index (κ2) is 12.1. The van der Waals surface area contributed by atoms with Crippen LogP contribution in [-0.4, -0.2) is 75.2 Å². The van der Waals surface area contributed by atoms with Gasteiger partial charge in [0.25, 0.3) is 0 Å². The molecule has 0 amide bonds. The normalized spacial score (nSPS) is 24.8. The molecule has 0 radical (unpaired) electrons. The van der Waals surface area contributed by atoms with Crippen LogP contribution in [0.5, 0.6) is 5.75 Å². The summed E-state index contributed by atoms with van der Waals surface area (Å²) in [6.45, 7) is 8.68. The van der Waals surface area contributed by atoms with Gasteiger partial charge in [0.1, 0.15) is 5.75 Å². The fourth-order valence-electron chi connectivity index (χ4n) is 5.03. The Kier molecular flexibility index (Phi) is 9.21. The lowest BCUT2D eigenvalue weighted by atomic mass is 9.85. The molecule has 3 rings (SSSR count). The first-order valence-electron chi connectivity index (χ1n) is 12.1. The van der Waals surface area contributed by atoms with E-state index in [1.807, 2.05) is 19.1 Å². The predicted molar refractivity (Wildman–Crippen MR) is 128 cm³/mol. The van der Waals surface area contributed by atoms with Crippen molar-refractivity contribution in [2.75, 3.05) is 53.5 Å². The van der Waals surface area contributed by atoms with Crippen molar-refractivity contribution in [1.29, 1.82) is 0 Å². The number of benzene rings is 1. The van der Waals surface area contributed by atoms with Crippen LogP contribution >= 0.6 is 0 Å². The van der Waals surface area contributed by atoms with Gasteiger partial charge in [-0.15, -0.1) is 0 Å². The number of hydrogen-bond donors (Lipinski definition) is 1. The van der Waals surface area contributed by atoms with E-state index in [9.17, 15) is 4.79 Å². The molecule has 0 bridgehead atoms. The van der Waals surface area contributed by atoms with Crippen LogP contribution in [-0.2, 0) is 9.53 Å². The van der Waals surface area contributed by atoms with E-state index in [0.717, 1.165) is 57.2 Å². The summed E-state index contributed by atoms with van der Waals surface area (Å²) in [5, 5.41) is 3.46. The van der Waals surface area contributed by atoms with Crippen LogP contribution < -0.4 is 10.1 Å². The van der Waals surface area contributed by atoms with Gasteiger partial charge in [-0.1, -0.05) is 12.1 Å². The van der Waals surface area contributed by atoms with Crippen molar-refractivity contribution in [1.82, 2.24) is 15.1 Å². The Balaban J connectivity index is 1.73. The highest BCUT2D eigenvalue weighted by Gasteiger charge is 2.32. The molecule has 0 saturated carbocycles. The average molecular weight is 445 g/mol. The Morgan fingerprint density at radius 1 is 1.16 bits per heavy atom. The molecule has 0 aliphatic carbocycles. The molecular formula is C25H40N4O3. The second-order valence-electron chi connectivity index (χ2n) is 8.83. The SMILES string of the molecule is CCNC(=NCC1CCCN(C)C1c1ccc(OC)cc1)N1CCCC(C(=O)OCC)C1. The molecule has 32 heavy (non-hydrogen) atoms. The zero-order chi connectivity index (χ0) is 22.9.